The van der Waals surface area contributed by atoms with Gasteiger partial charge in [0, 0.05) is 17.5 Å². The van der Waals surface area contributed by atoms with Crippen molar-refractivity contribution in [1.29, 1.82) is 0 Å². The van der Waals surface area contributed by atoms with Crippen LogP contribution in [-0.2, 0) is 0 Å². The van der Waals surface area contributed by atoms with Crippen LogP contribution < -0.4 is 0 Å². The van der Waals surface area contributed by atoms with Gasteiger partial charge in [-0.3, -0.25) is 4.98 Å². The van der Waals surface area contributed by atoms with E-state index in [4.69, 9.17) is 34.8 Å². The number of nitrogens with zero attached hydrogens (tertiary/aromatic N) is 1. The smallest absolute Gasteiger partial charge is 0.0639 e. The van der Waals surface area contributed by atoms with Crippen molar-refractivity contribution >= 4 is 34.8 Å². The Bertz CT molecular complexity index is 312. The topological polar surface area (TPSA) is 12.9 Å². The average molecular weight is 253 g/mol. The van der Waals surface area contributed by atoms with Gasteiger partial charge in [0.1, 0.15) is 0 Å². The molecule has 1 aromatic rings. The zero-order chi connectivity index (χ0) is 10.7. The first-order valence-corrected chi connectivity index (χ1v) is 5.70. The molecule has 14 heavy (non-hydrogen) atoms. The zero-order valence-corrected chi connectivity index (χ0v) is 10.4. The molecule has 0 saturated carbocycles. The summed E-state index contributed by atoms with van der Waals surface area (Å²) in [5, 5.41) is 1.17. The van der Waals surface area contributed by atoms with Crippen LogP contribution in [0.2, 0.25) is 10.0 Å². The second kappa shape index (κ2) is 5.20. The van der Waals surface area contributed by atoms with Crippen LogP contribution in [-0.4, -0.2) is 10.4 Å². The summed E-state index contributed by atoms with van der Waals surface area (Å²) in [5.74, 6) is 0.182. The molecule has 2 atom stereocenters. The van der Waals surface area contributed by atoms with Crippen LogP contribution in [0.4, 0.5) is 0 Å². The molecule has 4 heteroatoms. The quantitative estimate of drug-likeness (QED) is 0.721. The van der Waals surface area contributed by atoms with E-state index in [1.165, 1.54) is 0 Å². The van der Waals surface area contributed by atoms with Gasteiger partial charge in [0.15, 0.2) is 0 Å². The molecule has 78 valence electrons. The lowest BCUT2D eigenvalue weighted by Crippen LogP contribution is -2.10. The fourth-order valence-electron chi connectivity index (χ4n) is 1.43. The summed E-state index contributed by atoms with van der Waals surface area (Å²) < 4.78 is 0. The lowest BCUT2D eigenvalue weighted by atomic mass is 9.98. The van der Waals surface area contributed by atoms with Crippen LogP contribution in [0.3, 0.4) is 0 Å². The molecule has 0 saturated heterocycles. The van der Waals surface area contributed by atoms with Crippen LogP contribution in [0, 0.1) is 0 Å². The molecule has 0 aliphatic heterocycles. The van der Waals surface area contributed by atoms with Gasteiger partial charge >= 0.3 is 0 Å². The van der Waals surface area contributed by atoms with E-state index in [0.29, 0.717) is 10.0 Å². The Hall–Kier alpha value is 0.0200. The van der Waals surface area contributed by atoms with Crippen molar-refractivity contribution in [2.75, 3.05) is 0 Å². The molecule has 0 radical (unpaired) electrons. The summed E-state index contributed by atoms with van der Waals surface area (Å²) in [6.45, 7) is 4.01. The van der Waals surface area contributed by atoms with E-state index < -0.39 is 0 Å². The second-order valence-corrected chi connectivity index (χ2v) is 4.74. The minimum absolute atomic E-state index is 0.0196. The summed E-state index contributed by atoms with van der Waals surface area (Å²) in [6.07, 6.45) is 2.52. The van der Waals surface area contributed by atoms with Gasteiger partial charge in [-0.2, -0.15) is 0 Å². The molecule has 0 fully saturated rings. The van der Waals surface area contributed by atoms with Crippen LogP contribution >= 0.6 is 34.8 Å². The van der Waals surface area contributed by atoms with E-state index in [1.807, 2.05) is 6.92 Å². The molecule has 0 amide bonds. The third kappa shape index (κ3) is 2.75. The summed E-state index contributed by atoms with van der Waals surface area (Å²) in [4.78, 5) is 4.22. The predicted molar refractivity (Wildman–Crippen MR) is 62.6 cm³/mol. The van der Waals surface area contributed by atoms with Crippen LogP contribution in [0.15, 0.2) is 12.3 Å². The van der Waals surface area contributed by atoms with Gasteiger partial charge in [-0.05, 0) is 19.4 Å². The van der Waals surface area contributed by atoms with E-state index >= 15 is 0 Å². The van der Waals surface area contributed by atoms with Gasteiger partial charge in [-0.1, -0.05) is 30.1 Å². The maximum Gasteiger partial charge on any atom is 0.0639 e. The Morgan fingerprint density at radius 2 is 2.07 bits per heavy atom. The van der Waals surface area contributed by atoms with Crippen molar-refractivity contribution in [2.24, 2.45) is 0 Å². The van der Waals surface area contributed by atoms with Gasteiger partial charge in [0.25, 0.3) is 0 Å². The zero-order valence-electron chi connectivity index (χ0n) is 8.10. The van der Waals surface area contributed by atoms with Crippen molar-refractivity contribution in [1.82, 2.24) is 4.98 Å². The lowest BCUT2D eigenvalue weighted by Gasteiger charge is -2.17. The number of rotatable bonds is 3. The molecule has 2 unspecified atom stereocenters. The molecular weight excluding hydrogens is 240 g/mol. The molecule has 0 N–H and O–H groups in total. The minimum Gasteiger partial charge on any atom is -0.258 e. The van der Waals surface area contributed by atoms with E-state index in [-0.39, 0.29) is 11.3 Å². The molecule has 0 aliphatic rings. The molecule has 0 aromatic carbocycles. The van der Waals surface area contributed by atoms with Gasteiger partial charge in [0.2, 0.25) is 0 Å². The number of aromatic nitrogens is 1. The summed E-state index contributed by atoms with van der Waals surface area (Å²) in [6, 6.07) is 1.70. The molecular formula is C10H12Cl3N. The van der Waals surface area contributed by atoms with Gasteiger partial charge in [-0.15, -0.1) is 11.6 Å². The van der Waals surface area contributed by atoms with Gasteiger partial charge in [0.05, 0.1) is 15.7 Å². The van der Waals surface area contributed by atoms with Gasteiger partial charge in [-0.25, -0.2) is 0 Å². The third-order valence-corrected chi connectivity index (χ3v) is 3.00. The third-order valence-electron chi connectivity index (χ3n) is 2.18. The number of pyridine rings is 1. The fraction of sp³-hybridized carbons (Fsp3) is 0.500. The number of hydrogen-bond donors (Lipinski definition) is 0. The van der Waals surface area contributed by atoms with Crippen molar-refractivity contribution < 1.29 is 0 Å². The Morgan fingerprint density at radius 3 is 2.50 bits per heavy atom. The summed E-state index contributed by atoms with van der Waals surface area (Å²) in [7, 11) is 0. The van der Waals surface area contributed by atoms with E-state index in [1.54, 1.807) is 12.3 Å². The SMILES string of the molecule is CCC(c1ncc(Cl)cc1Cl)C(C)Cl. The van der Waals surface area contributed by atoms with E-state index in [9.17, 15) is 0 Å². The largest absolute Gasteiger partial charge is 0.258 e. The second-order valence-electron chi connectivity index (χ2n) is 3.21. The molecule has 0 spiro atoms. The monoisotopic (exact) mass is 251 g/mol. The molecule has 0 bridgehead atoms. The van der Waals surface area contributed by atoms with Crippen LogP contribution in [0.25, 0.3) is 0 Å². The summed E-state index contributed by atoms with van der Waals surface area (Å²) >= 11 is 17.9. The molecule has 1 nitrogen and oxygen atoms in total. The lowest BCUT2D eigenvalue weighted by molar-refractivity contribution is 0.631. The van der Waals surface area contributed by atoms with Crippen LogP contribution in [0.1, 0.15) is 31.9 Å². The average Bonchev–Trinajstić information content (AvgIpc) is 2.09. The highest BCUT2D eigenvalue weighted by Gasteiger charge is 2.19. The maximum atomic E-state index is 6.06. The maximum absolute atomic E-state index is 6.06. The molecule has 1 aromatic heterocycles. The van der Waals surface area contributed by atoms with Crippen LogP contribution in [0.5, 0.6) is 0 Å². The van der Waals surface area contributed by atoms with Gasteiger partial charge < -0.3 is 0 Å². The Kier molecular flexibility index (Phi) is 4.49. The summed E-state index contributed by atoms with van der Waals surface area (Å²) in [5.41, 5.74) is 0.834. The number of alkyl halides is 1. The highest BCUT2D eigenvalue weighted by molar-refractivity contribution is 6.34. The first-order chi connectivity index (χ1) is 6.56. The standard InChI is InChI=1S/C10H12Cl3N/c1-3-8(6(2)11)10-9(13)4-7(12)5-14-10/h4-6,8H,3H2,1-2H3. The van der Waals surface area contributed by atoms with E-state index in [2.05, 4.69) is 11.9 Å². The number of halogens is 3. The predicted octanol–water partition coefficient (Wildman–Crippen LogP) is 4.51. The highest BCUT2D eigenvalue weighted by atomic mass is 35.5. The van der Waals surface area contributed by atoms with Crippen molar-refractivity contribution in [3.8, 4) is 0 Å². The Morgan fingerprint density at radius 1 is 1.43 bits per heavy atom. The van der Waals surface area contributed by atoms with Crippen molar-refractivity contribution in [3.05, 3.63) is 28.0 Å². The first kappa shape index (κ1) is 12.1. The normalized spacial score (nSPS) is 15.2. The minimum atomic E-state index is 0.0196. The molecule has 1 rings (SSSR count). The molecule has 0 aliphatic carbocycles. The van der Waals surface area contributed by atoms with Crippen molar-refractivity contribution in [3.63, 3.8) is 0 Å². The Balaban J connectivity index is 3.04. The highest BCUT2D eigenvalue weighted by Crippen LogP contribution is 2.31. The Labute approximate surface area is 99.4 Å². The number of hydrogen-bond acceptors (Lipinski definition) is 1. The first-order valence-electron chi connectivity index (χ1n) is 4.51. The molecule has 1 heterocycles. The fourth-order valence-corrected chi connectivity index (χ4v) is 2.25. The van der Waals surface area contributed by atoms with Crippen molar-refractivity contribution in [2.45, 2.75) is 31.6 Å². The van der Waals surface area contributed by atoms with E-state index in [0.717, 1.165) is 12.1 Å².